The van der Waals surface area contributed by atoms with Gasteiger partial charge in [-0.3, -0.25) is 4.79 Å². The third-order valence-electron chi connectivity index (χ3n) is 4.13. The third-order valence-corrected chi connectivity index (χ3v) is 4.62. The first-order chi connectivity index (χ1) is 11.6. The van der Waals surface area contributed by atoms with E-state index in [9.17, 15) is 9.90 Å². The van der Waals surface area contributed by atoms with E-state index in [4.69, 9.17) is 4.74 Å². The lowest BCUT2D eigenvalue weighted by Crippen LogP contribution is -2.04. The molecular formula is C20H13BrO3. The Morgan fingerprint density at radius 3 is 2.54 bits per heavy atom. The summed E-state index contributed by atoms with van der Waals surface area (Å²) in [5.41, 5.74) is 3.74. The van der Waals surface area contributed by atoms with Crippen LogP contribution in [-0.2, 0) is 6.61 Å². The topological polar surface area (TPSA) is 46.5 Å². The fourth-order valence-corrected chi connectivity index (χ4v) is 3.37. The molecule has 0 aliphatic carbocycles. The van der Waals surface area contributed by atoms with E-state index in [1.807, 2.05) is 36.4 Å². The highest BCUT2D eigenvalue weighted by atomic mass is 79.9. The summed E-state index contributed by atoms with van der Waals surface area (Å²) in [4.78, 5) is 13.2. The number of phenols is 1. The molecule has 3 nitrogen and oxygen atoms in total. The van der Waals surface area contributed by atoms with Crippen molar-refractivity contribution in [1.29, 1.82) is 0 Å². The van der Waals surface area contributed by atoms with E-state index in [0.29, 0.717) is 23.5 Å². The molecule has 24 heavy (non-hydrogen) atoms. The van der Waals surface area contributed by atoms with Crippen molar-refractivity contribution in [2.24, 2.45) is 0 Å². The lowest BCUT2D eigenvalue weighted by molar-refractivity contribution is 0.103. The van der Waals surface area contributed by atoms with Crippen molar-refractivity contribution in [2.45, 2.75) is 6.61 Å². The summed E-state index contributed by atoms with van der Waals surface area (Å²) in [6, 6.07) is 18.0. The van der Waals surface area contributed by atoms with Crippen molar-refractivity contribution in [3.63, 3.8) is 0 Å². The molecule has 4 rings (SSSR count). The average molecular weight is 381 g/mol. The summed E-state index contributed by atoms with van der Waals surface area (Å²) in [7, 11) is 0. The highest BCUT2D eigenvalue weighted by Crippen LogP contribution is 2.36. The molecule has 0 amide bonds. The number of fused-ring (bicyclic) bond motifs is 2. The maximum atomic E-state index is 13.2. The maximum Gasteiger partial charge on any atom is 0.197 e. The number of carbonyl (C=O) groups is 1. The molecule has 3 aromatic carbocycles. The van der Waals surface area contributed by atoms with Crippen LogP contribution in [0.15, 0.2) is 65.1 Å². The van der Waals surface area contributed by atoms with Crippen molar-refractivity contribution in [1.82, 2.24) is 0 Å². The second kappa shape index (κ2) is 5.80. The fourth-order valence-electron chi connectivity index (χ4n) is 2.96. The Labute approximate surface area is 147 Å². The van der Waals surface area contributed by atoms with Crippen LogP contribution >= 0.6 is 15.9 Å². The van der Waals surface area contributed by atoms with Crippen molar-refractivity contribution >= 4 is 21.7 Å². The molecular weight excluding hydrogens is 368 g/mol. The van der Waals surface area contributed by atoms with E-state index >= 15 is 0 Å². The number of aromatic hydroxyl groups is 1. The highest BCUT2D eigenvalue weighted by Gasteiger charge is 2.25. The van der Waals surface area contributed by atoms with Gasteiger partial charge in [0.05, 0.1) is 5.56 Å². The average Bonchev–Trinajstić information content (AvgIpc) is 2.73. The Bertz CT molecular complexity index is 946. The Hall–Kier alpha value is -2.59. The molecule has 0 fully saturated rings. The Kier molecular flexibility index (Phi) is 3.62. The largest absolute Gasteiger partial charge is 0.508 e. The summed E-state index contributed by atoms with van der Waals surface area (Å²) < 4.78 is 6.81. The fraction of sp³-hybridized carbons (Fsp3) is 0.0500. The first-order valence-corrected chi connectivity index (χ1v) is 8.31. The zero-order chi connectivity index (χ0) is 16.7. The van der Waals surface area contributed by atoms with Gasteiger partial charge in [-0.2, -0.15) is 0 Å². The van der Waals surface area contributed by atoms with Crippen LogP contribution in [0.3, 0.4) is 0 Å². The van der Waals surface area contributed by atoms with E-state index in [2.05, 4.69) is 15.9 Å². The summed E-state index contributed by atoms with van der Waals surface area (Å²) in [6.45, 7) is 0.354. The third kappa shape index (κ3) is 2.49. The summed E-state index contributed by atoms with van der Waals surface area (Å²) in [6.07, 6.45) is 0. The summed E-state index contributed by atoms with van der Waals surface area (Å²) in [5, 5.41) is 9.50. The van der Waals surface area contributed by atoms with Crippen LogP contribution in [0.2, 0.25) is 0 Å². The number of ketones is 1. The second-order valence-electron chi connectivity index (χ2n) is 5.64. The molecule has 1 heterocycles. The predicted octanol–water partition coefficient (Wildman–Crippen LogP) is 4.95. The van der Waals surface area contributed by atoms with Crippen LogP contribution in [0.1, 0.15) is 21.5 Å². The molecule has 0 saturated carbocycles. The first-order valence-electron chi connectivity index (χ1n) is 7.52. The number of carbonyl (C=O) groups excluding carboxylic acids is 1. The van der Waals surface area contributed by atoms with Gasteiger partial charge in [0.25, 0.3) is 0 Å². The molecule has 0 saturated heterocycles. The van der Waals surface area contributed by atoms with Gasteiger partial charge in [0.1, 0.15) is 18.1 Å². The predicted molar refractivity (Wildman–Crippen MR) is 95.4 cm³/mol. The molecule has 0 unspecified atom stereocenters. The zero-order valence-corrected chi connectivity index (χ0v) is 14.2. The number of phenolic OH excluding ortho intramolecular Hbond substituents is 1. The quantitative estimate of drug-likeness (QED) is 0.649. The van der Waals surface area contributed by atoms with E-state index in [1.165, 1.54) is 0 Å². The number of rotatable bonds is 1. The molecule has 118 valence electrons. The lowest BCUT2D eigenvalue weighted by Gasteiger charge is -2.12. The van der Waals surface area contributed by atoms with Crippen LogP contribution in [0, 0.1) is 0 Å². The Balaban J connectivity index is 1.92. The van der Waals surface area contributed by atoms with Crippen molar-refractivity contribution < 1.29 is 14.6 Å². The van der Waals surface area contributed by atoms with Gasteiger partial charge in [0.2, 0.25) is 0 Å². The number of benzene rings is 3. The molecule has 0 radical (unpaired) electrons. The second-order valence-corrected chi connectivity index (χ2v) is 6.56. The molecule has 0 atom stereocenters. The summed E-state index contributed by atoms with van der Waals surface area (Å²) in [5.74, 6) is 0.727. The van der Waals surface area contributed by atoms with E-state index in [0.717, 1.165) is 21.2 Å². The molecule has 0 bridgehead atoms. The maximum absolute atomic E-state index is 13.2. The van der Waals surface area contributed by atoms with Crippen LogP contribution < -0.4 is 4.74 Å². The molecule has 1 aliphatic rings. The molecule has 3 aromatic rings. The number of ether oxygens (including phenoxy) is 1. The monoisotopic (exact) mass is 380 g/mol. The summed E-state index contributed by atoms with van der Waals surface area (Å²) >= 11 is 3.44. The number of hydrogen-bond donors (Lipinski definition) is 1. The van der Waals surface area contributed by atoms with Gasteiger partial charge < -0.3 is 9.84 Å². The minimum absolute atomic E-state index is 0.0475. The highest BCUT2D eigenvalue weighted by molar-refractivity contribution is 9.10. The lowest BCUT2D eigenvalue weighted by atomic mass is 9.92. The van der Waals surface area contributed by atoms with Crippen molar-refractivity contribution in [3.8, 4) is 22.6 Å². The number of halogens is 1. The van der Waals surface area contributed by atoms with Gasteiger partial charge in [-0.15, -0.1) is 0 Å². The molecule has 0 aromatic heterocycles. The zero-order valence-electron chi connectivity index (χ0n) is 12.6. The van der Waals surface area contributed by atoms with Crippen molar-refractivity contribution in [3.05, 3.63) is 81.8 Å². The normalized spacial score (nSPS) is 12.8. The first kappa shape index (κ1) is 15.0. The van der Waals surface area contributed by atoms with Gasteiger partial charge in [0, 0.05) is 15.6 Å². The standard InChI is InChI=1S/C20H13BrO3/c21-14-6-9-17-13(10-14)11-24-18-3-1-2-16(19(18)20(17)23)12-4-7-15(22)8-5-12/h1-10,22H,11H2. The van der Waals surface area contributed by atoms with Gasteiger partial charge in [-0.1, -0.05) is 40.2 Å². The van der Waals surface area contributed by atoms with Crippen LogP contribution in [0.5, 0.6) is 11.5 Å². The van der Waals surface area contributed by atoms with Gasteiger partial charge in [-0.05, 0) is 47.5 Å². The van der Waals surface area contributed by atoms with Gasteiger partial charge in [-0.25, -0.2) is 0 Å². The SMILES string of the molecule is O=C1c2ccc(Br)cc2COc2cccc(-c3ccc(O)cc3)c21. The molecule has 1 aliphatic heterocycles. The Morgan fingerprint density at radius 1 is 0.958 bits per heavy atom. The minimum Gasteiger partial charge on any atom is -0.508 e. The van der Waals surface area contributed by atoms with Crippen LogP contribution in [0.25, 0.3) is 11.1 Å². The van der Waals surface area contributed by atoms with Gasteiger partial charge in [0.15, 0.2) is 5.78 Å². The van der Waals surface area contributed by atoms with Crippen LogP contribution in [0.4, 0.5) is 0 Å². The minimum atomic E-state index is -0.0475. The van der Waals surface area contributed by atoms with E-state index < -0.39 is 0 Å². The molecule has 0 spiro atoms. The van der Waals surface area contributed by atoms with E-state index in [-0.39, 0.29) is 11.5 Å². The van der Waals surface area contributed by atoms with Crippen LogP contribution in [-0.4, -0.2) is 10.9 Å². The van der Waals surface area contributed by atoms with Gasteiger partial charge >= 0.3 is 0 Å². The Morgan fingerprint density at radius 2 is 1.75 bits per heavy atom. The van der Waals surface area contributed by atoms with Crippen molar-refractivity contribution in [2.75, 3.05) is 0 Å². The smallest absolute Gasteiger partial charge is 0.197 e. The molecule has 1 N–H and O–H groups in total. The molecule has 4 heteroatoms. The van der Waals surface area contributed by atoms with E-state index in [1.54, 1.807) is 24.3 Å². The number of hydrogen-bond acceptors (Lipinski definition) is 3.